The highest BCUT2D eigenvalue weighted by Crippen LogP contribution is 2.36. The molecule has 36 heavy (non-hydrogen) atoms. The molecule has 0 aliphatic carbocycles. The van der Waals surface area contributed by atoms with E-state index in [0.717, 1.165) is 30.7 Å². The van der Waals surface area contributed by atoms with E-state index >= 15 is 0 Å². The zero-order valence-electron chi connectivity index (χ0n) is 19.0. The minimum Gasteiger partial charge on any atom is -0.354 e. The second kappa shape index (κ2) is 10.6. The second-order valence-corrected chi connectivity index (χ2v) is 8.04. The molecule has 0 saturated carbocycles. The topological polar surface area (TPSA) is 96.8 Å². The molecule has 2 amide bonds. The van der Waals surface area contributed by atoms with Crippen molar-refractivity contribution in [1.29, 1.82) is 0 Å². The van der Waals surface area contributed by atoms with Crippen LogP contribution in [0.2, 0.25) is 5.02 Å². The van der Waals surface area contributed by atoms with Crippen molar-refractivity contribution < 1.29 is 18.0 Å². The molecule has 0 bridgehead atoms. The van der Waals surface area contributed by atoms with Crippen LogP contribution in [0, 0.1) is 0 Å². The summed E-state index contributed by atoms with van der Waals surface area (Å²) >= 11 is 5.62. The van der Waals surface area contributed by atoms with Crippen LogP contribution in [0.1, 0.15) is 18.9 Å². The first kappa shape index (κ1) is 25.0. The number of nitrogens with zero attached hydrogens (tertiary/aromatic N) is 4. The van der Waals surface area contributed by atoms with Crippen molar-refractivity contribution in [3.63, 3.8) is 0 Å². The molecule has 0 fully saturated rings. The van der Waals surface area contributed by atoms with Crippen LogP contribution >= 0.6 is 11.6 Å². The number of hydrogen-bond acceptors (Lipinski definition) is 5. The molecule has 186 valence electrons. The van der Waals surface area contributed by atoms with E-state index in [4.69, 9.17) is 11.6 Å². The van der Waals surface area contributed by atoms with Gasteiger partial charge < -0.3 is 16.0 Å². The number of imidazole rings is 1. The summed E-state index contributed by atoms with van der Waals surface area (Å²) < 4.78 is 40.9. The SMILES string of the molecule is CCCNc1nccc(-n2ccnc2-c2ccc(NC(=O)Nc3ccc(Cl)c(C(F)(F)F)c3)cc2)n1. The standard InChI is InChI=1S/C24H21ClF3N7O/c1-2-10-30-22-31-11-9-20(34-22)35-13-12-29-21(35)15-3-5-16(6-4-15)32-23(36)33-17-7-8-19(25)18(14-17)24(26,27)28/h3-9,11-14H,2,10H2,1H3,(H,30,31,34)(H2,32,33,36). The third kappa shape index (κ3) is 5.92. The lowest BCUT2D eigenvalue weighted by atomic mass is 10.2. The van der Waals surface area contributed by atoms with Gasteiger partial charge in [0, 0.05) is 42.1 Å². The van der Waals surface area contributed by atoms with Crippen molar-refractivity contribution in [3.05, 3.63) is 77.7 Å². The number of amides is 2. The quantitative estimate of drug-likeness (QED) is 0.262. The number of anilines is 3. The molecular formula is C24H21ClF3N7O. The molecule has 0 atom stereocenters. The van der Waals surface area contributed by atoms with Crippen LogP contribution in [0.5, 0.6) is 0 Å². The lowest BCUT2D eigenvalue weighted by molar-refractivity contribution is -0.137. The zero-order chi connectivity index (χ0) is 25.7. The molecule has 4 aromatic rings. The molecule has 2 heterocycles. The molecule has 0 spiro atoms. The fraction of sp³-hybridized carbons (Fsp3) is 0.167. The predicted octanol–water partition coefficient (Wildman–Crippen LogP) is 6.47. The van der Waals surface area contributed by atoms with Crippen molar-refractivity contribution in [3.8, 4) is 17.2 Å². The van der Waals surface area contributed by atoms with Gasteiger partial charge >= 0.3 is 12.2 Å². The maximum atomic E-state index is 13.0. The summed E-state index contributed by atoms with van der Waals surface area (Å²) in [5, 5.41) is 7.67. The monoisotopic (exact) mass is 515 g/mol. The maximum absolute atomic E-state index is 13.0. The van der Waals surface area contributed by atoms with Gasteiger partial charge in [0.15, 0.2) is 0 Å². The first-order valence-corrected chi connectivity index (χ1v) is 11.3. The van der Waals surface area contributed by atoms with Gasteiger partial charge in [-0.1, -0.05) is 18.5 Å². The lowest BCUT2D eigenvalue weighted by Gasteiger charge is -2.13. The van der Waals surface area contributed by atoms with Crippen LogP contribution in [0.4, 0.5) is 35.3 Å². The average molecular weight is 516 g/mol. The van der Waals surface area contributed by atoms with Gasteiger partial charge in [-0.15, -0.1) is 0 Å². The molecule has 0 radical (unpaired) electrons. The fourth-order valence-corrected chi connectivity index (χ4v) is 3.55. The highest BCUT2D eigenvalue weighted by molar-refractivity contribution is 6.31. The Kier molecular flexibility index (Phi) is 7.39. The van der Waals surface area contributed by atoms with Crippen molar-refractivity contribution >= 4 is 35.0 Å². The molecule has 2 aromatic carbocycles. The van der Waals surface area contributed by atoms with Crippen LogP contribution in [-0.4, -0.2) is 32.1 Å². The van der Waals surface area contributed by atoms with E-state index in [1.54, 1.807) is 48.9 Å². The van der Waals surface area contributed by atoms with Gasteiger partial charge in [-0.2, -0.15) is 18.2 Å². The molecule has 0 unspecified atom stereocenters. The summed E-state index contributed by atoms with van der Waals surface area (Å²) in [4.78, 5) is 25.5. The number of urea groups is 1. The minimum atomic E-state index is -4.63. The Labute approximate surface area is 209 Å². The molecule has 0 saturated heterocycles. The molecule has 8 nitrogen and oxygen atoms in total. The molecule has 4 rings (SSSR count). The molecule has 0 aliphatic heterocycles. The molecule has 3 N–H and O–H groups in total. The highest BCUT2D eigenvalue weighted by Gasteiger charge is 2.33. The number of carbonyl (C=O) groups excluding carboxylic acids is 1. The van der Waals surface area contributed by atoms with Gasteiger partial charge in [0.2, 0.25) is 5.95 Å². The minimum absolute atomic E-state index is 0.0412. The van der Waals surface area contributed by atoms with E-state index in [1.807, 2.05) is 11.5 Å². The van der Waals surface area contributed by atoms with E-state index in [-0.39, 0.29) is 5.69 Å². The van der Waals surface area contributed by atoms with E-state index in [1.165, 1.54) is 6.07 Å². The Bertz CT molecular complexity index is 1360. The number of benzene rings is 2. The fourth-order valence-electron chi connectivity index (χ4n) is 3.32. The van der Waals surface area contributed by atoms with E-state index in [9.17, 15) is 18.0 Å². The average Bonchev–Trinajstić information content (AvgIpc) is 3.34. The van der Waals surface area contributed by atoms with Gasteiger partial charge in [-0.05, 0) is 55.0 Å². The summed E-state index contributed by atoms with van der Waals surface area (Å²) in [6, 6.07) is 11.0. The number of alkyl halides is 3. The number of carbonyl (C=O) groups is 1. The van der Waals surface area contributed by atoms with E-state index in [2.05, 4.69) is 30.9 Å². The third-order valence-corrected chi connectivity index (χ3v) is 5.32. The van der Waals surface area contributed by atoms with Crippen LogP contribution in [0.15, 0.2) is 67.1 Å². The number of hydrogen-bond donors (Lipinski definition) is 3. The molecular weight excluding hydrogens is 495 g/mol. The van der Waals surface area contributed by atoms with Gasteiger partial charge in [0.25, 0.3) is 0 Å². The Hall–Kier alpha value is -4.12. The number of rotatable bonds is 7. The van der Waals surface area contributed by atoms with Crippen molar-refractivity contribution in [1.82, 2.24) is 19.5 Å². The smallest absolute Gasteiger partial charge is 0.354 e. The Balaban J connectivity index is 1.46. The van der Waals surface area contributed by atoms with Crippen LogP contribution in [0.3, 0.4) is 0 Å². The largest absolute Gasteiger partial charge is 0.417 e. The van der Waals surface area contributed by atoms with Crippen LogP contribution < -0.4 is 16.0 Å². The number of nitrogens with one attached hydrogen (secondary N) is 3. The van der Waals surface area contributed by atoms with Gasteiger partial charge in [0.1, 0.15) is 11.6 Å². The third-order valence-electron chi connectivity index (χ3n) is 4.99. The first-order valence-electron chi connectivity index (χ1n) is 10.9. The van der Waals surface area contributed by atoms with Crippen molar-refractivity contribution in [2.24, 2.45) is 0 Å². The van der Waals surface area contributed by atoms with E-state index < -0.39 is 22.8 Å². The predicted molar refractivity (Wildman–Crippen MR) is 132 cm³/mol. The molecule has 12 heteroatoms. The Morgan fingerprint density at radius 3 is 2.44 bits per heavy atom. The second-order valence-electron chi connectivity index (χ2n) is 7.63. The van der Waals surface area contributed by atoms with Crippen LogP contribution in [0.25, 0.3) is 17.2 Å². The van der Waals surface area contributed by atoms with E-state index in [0.29, 0.717) is 23.3 Å². The Morgan fingerprint density at radius 1 is 1.00 bits per heavy atom. The number of halogens is 4. The Morgan fingerprint density at radius 2 is 1.72 bits per heavy atom. The first-order chi connectivity index (χ1) is 17.2. The lowest BCUT2D eigenvalue weighted by Crippen LogP contribution is -2.19. The van der Waals surface area contributed by atoms with Crippen molar-refractivity contribution in [2.75, 3.05) is 22.5 Å². The number of aromatic nitrogens is 4. The zero-order valence-corrected chi connectivity index (χ0v) is 19.7. The summed E-state index contributed by atoms with van der Waals surface area (Å²) in [5.74, 6) is 1.79. The van der Waals surface area contributed by atoms with Gasteiger partial charge in [0.05, 0.1) is 10.6 Å². The normalized spacial score (nSPS) is 11.2. The highest BCUT2D eigenvalue weighted by atomic mass is 35.5. The molecule has 2 aromatic heterocycles. The summed E-state index contributed by atoms with van der Waals surface area (Å²) in [6.07, 6.45) is 1.40. The van der Waals surface area contributed by atoms with Crippen molar-refractivity contribution in [2.45, 2.75) is 19.5 Å². The maximum Gasteiger partial charge on any atom is 0.417 e. The summed E-state index contributed by atoms with van der Waals surface area (Å²) in [7, 11) is 0. The van der Waals surface area contributed by atoms with Gasteiger partial charge in [-0.25, -0.2) is 14.8 Å². The van der Waals surface area contributed by atoms with Gasteiger partial charge in [-0.3, -0.25) is 4.57 Å². The van der Waals surface area contributed by atoms with Crippen LogP contribution in [-0.2, 0) is 6.18 Å². The summed E-state index contributed by atoms with van der Waals surface area (Å²) in [6.45, 7) is 2.80. The molecule has 0 aliphatic rings. The summed E-state index contributed by atoms with van der Waals surface area (Å²) in [5.41, 5.74) is 0.131.